The van der Waals surface area contributed by atoms with Crippen LogP contribution in [0.2, 0.25) is 0 Å². The number of rotatable bonds is 5. The molecule has 2 aromatic carbocycles. The maximum atomic E-state index is 13.9. The fraction of sp³-hybridized carbons (Fsp3) is 0.100. The standard InChI is InChI=1S/C20H15F3N4O2S/c21-20(22,23)15-10-16(14-8-4-5-12(9-14)11-24-30(28)29)25-19-17(15)18(26-27-19)13-6-2-1-3-7-13/h1-10,24H,11H2,(H,28,29)(H,25,26,27). The van der Waals surface area contributed by atoms with E-state index in [1.807, 2.05) is 0 Å². The van der Waals surface area contributed by atoms with Gasteiger partial charge in [-0.1, -0.05) is 48.5 Å². The Morgan fingerprint density at radius 3 is 2.47 bits per heavy atom. The highest BCUT2D eigenvalue weighted by molar-refractivity contribution is 7.77. The van der Waals surface area contributed by atoms with Gasteiger partial charge in [-0.2, -0.15) is 18.3 Å². The second-order valence-corrected chi connectivity index (χ2v) is 7.27. The van der Waals surface area contributed by atoms with Crippen molar-refractivity contribution in [3.63, 3.8) is 0 Å². The van der Waals surface area contributed by atoms with Gasteiger partial charge in [0.15, 0.2) is 5.65 Å². The first kappa shape index (κ1) is 20.2. The van der Waals surface area contributed by atoms with Crippen LogP contribution in [-0.2, 0) is 24.0 Å². The number of nitrogens with one attached hydrogen (secondary N) is 2. The van der Waals surface area contributed by atoms with Gasteiger partial charge < -0.3 is 0 Å². The number of pyridine rings is 1. The predicted octanol–water partition coefficient (Wildman–Crippen LogP) is 4.54. The average Bonchev–Trinajstić information content (AvgIpc) is 3.15. The first-order valence-electron chi connectivity index (χ1n) is 8.78. The van der Waals surface area contributed by atoms with Crippen LogP contribution >= 0.6 is 0 Å². The third-order valence-electron chi connectivity index (χ3n) is 4.51. The summed E-state index contributed by atoms with van der Waals surface area (Å²) in [5.74, 6) is 0. The van der Waals surface area contributed by atoms with E-state index in [2.05, 4.69) is 19.9 Å². The van der Waals surface area contributed by atoms with Gasteiger partial charge in [0.1, 0.15) is 0 Å². The van der Waals surface area contributed by atoms with Crippen molar-refractivity contribution in [2.75, 3.05) is 0 Å². The number of aromatic nitrogens is 3. The number of hydrogen-bond acceptors (Lipinski definition) is 3. The molecule has 2 heterocycles. The highest BCUT2D eigenvalue weighted by atomic mass is 32.2. The predicted molar refractivity (Wildman–Crippen MR) is 107 cm³/mol. The molecule has 4 rings (SSSR count). The molecule has 0 saturated heterocycles. The number of nitrogens with zero attached hydrogens (tertiary/aromatic N) is 2. The van der Waals surface area contributed by atoms with Crippen molar-refractivity contribution in [2.24, 2.45) is 0 Å². The van der Waals surface area contributed by atoms with Crippen LogP contribution in [-0.4, -0.2) is 23.9 Å². The minimum Gasteiger partial charge on any atom is -0.294 e. The molecule has 0 spiro atoms. The van der Waals surface area contributed by atoms with Crippen LogP contribution in [0.1, 0.15) is 11.1 Å². The van der Waals surface area contributed by atoms with Gasteiger partial charge in [-0.05, 0) is 17.7 Å². The van der Waals surface area contributed by atoms with E-state index in [0.717, 1.165) is 6.07 Å². The molecule has 0 bridgehead atoms. The van der Waals surface area contributed by atoms with Gasteiger partial charge in [0.05, 0.1) is 22.3 Å². The van der Waals surface area contributed by atoms with E-state index >= 15 is 0 Å². The van der Waals surface area contributed by atoms with E-state index in [4.69, 9.17) is 4.55 Å². The molecular formula is C20H15F3N4O2S. The molecule has 154 valence electrons. The zero-order valence-corrected chi connectivity index (χ0v) is 16.1. The van der Waals surface area contributed by atoms with Gasteiger partial charge in [0, 0.05) is 17.7 Å². The summed E-state index contributed by atoms with van der Waals surface area (Å²) in [6.45, 7) is 0.0753. The number of benzene rings is 2. The molecular weight excluding hydrogens is 417 g/mol. The van der Waals surface area contributed by atoms with E-state index in [1.54, 1.807) is 54.6 Å². The average molecular weight is 432 g/mol. The molecule has 4 aromatic rings. The Morgan fingerprint density at radius 1 is 1.03 bits per heavy atom. The summed E-state index contributed by atoms with van der Waals surface area (Å²) in [5.41, 5.74) is 1.11. The van der Waals surface area contributed by atoms with Crippen LogP contribution in [0.4, 0.5) is 13.2 Å². The van der Waals surface area contributed by atoms with Crippen LogP contribution < -0.4 is 4.72 Å². The molecule has 0 aliphatic carbocycles. The Balaban J connectivity index is 1.86. The first-order valence-corrected chi connectivity index (χ1v) is 9.89. The lowest BCUT2D eigenvalue weighted by atomic mass is 10.0. The topological polar surface area (TPSA) is 90.9 Å². The summed E-state index contributed by atoms with van der Waals surface area (Å²) in [5, 5.41) is 6.61. The minimum atomic E-state index is -4.61. The largest absolute Gasteiger partial charge is 0.417 e. The van der Waals surface area contributed by atoms with Crippen LogP contribution in [0.25, 0.3) is 33.5 Å². The quantitative estimate of drug-likeness (QED) is 0.404. The molecule has 0 saturated carbocycles. The Labute approximate surface area is 171 Å². The normalized spacial score (nSPS) is 12.9. The van der Waals surface area contributed by atoms with Crippen LogP contribution in [0.3, 0.4) is 0 Å². The van der Waals surface area contributed by atoms with E-state index in [1.165, 1.54) is 0 Å². The Bertz CT molecular complexity index is 1230. The lowest BCUT2D eigenvalue weighted by Crippen LogP contribution is -2.15. The maximum absolute atomic E-state index is 13.9. The number of halogens is 3. The molecule has 30 heavy (non-hydrogen) atoms. The zero-order valence-electron chi connectivity index (χ0n) is 15.3. The molecule has 0 radical (unpaired) electrons. The van der Waals surface area contributed by atoms with Crippen LogP contribution in [0.5, 0.6) is 0 Å². The van der Waals surface area contributed by atoms with Crippen molar-refractivity contribution in [3.05, 3.63) is 71.8 Å². The summed E-state index contributed by atoms with van der Waals surface area (Å²) >= 11 is -2.20. The third kappa shape index (κ3) is 4.11. The molecule has 1 atom stereocenters. The number of alkyl halides is 3. The van der Waals surface area contributed by atoms with Crippen molar-refractivity contribution < 1.29 is 21.9 Å². The zero-order chi connectivity index (χ0) is 21.3. The van der Waals surface area contributed by atoms with Crippen molar-refractivity contribution >= 4 is 22.3 Å². The van der Waals surface area contributed by atoms with Gasteiger partial charge in [-0.25, -0.2) is 13.9 Å². The maximum Gasteiger partial charge on any atom is 0.417 e. The molecule has 2 aromatic heterocycles. The summed E-state index contributed by atoms with van der Waals surface area (Å²) in [6.07, 6.45) is -4.61. The van der Waals surface area contributed by atoms with Gasteiger partial charge in [0.25, 0.3) is 0 Å². The molecule has 6 nitrogen and oxygen atoms in total. The highest BCUT2D eigenvalue weighted by Crippen LogP contribution is 2.40. The summed E-state index contributed by atoms with van der Waals surface area (Å²) in [7, 11) is 0. The first-order chi connectivity index (χ1) is 14.3. The van der Waals surface area contributed by atoms with Gasteiger partial charge in [0.2, 0.25) is 11.3 Å². The smallest absolute Gasteiger partial charge is 0.294 e. The molecule has 0 amide bonds. The number of hydrogen-bond donors (Lipinski definition) is 3. The lowest BCUT2D eigenvalue weighted by Gasteiger charge is -2.12. The Hall–Kier alpha value is -3.08. The van der Waals surface area contributed by atoms with Gasteiger partial charge in [-0.3, -0.25) is 9.65 Å². The van der Waals surface area contributed by atoms with Crippen molar-refractivity contribution in [3.8, 4) is 22.5 Å². The molecule has 0 aliphatic heterocycles. The van der Waals surface area contributed by atoms with E-state index < -0.39 is 23.0 Å². The number of aromatic amines is 1. The van der Waals surface area contributed by atoms with Crippen molar-refractivity contribution in [1.29, 1.82) is 0 Å². The van der Waals surface area contributed by atoms with E-state index in [0.29, 0.717) is 16.7 Å². The number of H-pyrrole nitrogens is 1. The molecule has 10 heteroatoms. The van der Waals surface area contributed by atoms with Crippen molar-refractivity contribution in [2.45, 2.75) is 12.7 Å². The molecule has 0 fully saturated rings. The monoisotopic (exact) mass is 432 g/mol. The fourth-order valence-electron chi connectivity index (χ4n) is 3.19. The molecule has 0 aliphatic rings. The van der Waals surface area contributed by atoms with Crippen molar-refractivity contribution in [1.82, 2.24) is 19.9 Å². The minimum absolute atomic E-state index is 0.0429. The van der Waals surface area contributed by atoms with E-state index in [9.17, 15) is 17.4 Å². The van der Waals surface area contributed by atoms with Crippen LogP contribution in [0, 0.1) is 0 Å². The SMILES string of the molecule is O=S(O)NCc1cccc(-c2cc(C(F)(F)F)c3c(-c4ccccc4)[nH]nc3n2)c1. The second kappa shape index (κ2) is 7.98. The number of fused-ring (bicyclic) bond motifs is 1. The van der Waals surface area contributed by atoms with Gasteiger partial charge >= 0.3 is 6.18 Å². The molecule has 1 unspecified atom stereocenters. The second-order valence-electron chi connectivity index (χ2n) is 6.49. The summed E-state index contributed by atoms with van der Waals surface area (Å²) in [4.78, 5) is 4.33. The third-order valence-corrected chi connectivity index (χ3v) is 4.91. The highest BCUT2D eigenvalue weighted by Gasteiger charge is 2.35. The summed E-state index contributed by atoms with van der Waals surface area (Å²) < 4.78 is 63.8. The lowest BCUT2D eigenvalue weighted by molar-refractivity contribution is -0.136. The Kier molecular flexibility index (Phi) is 5.37. The van der Waals surface area contributed by atoms with E-state index in [-0.39, 0.29) is 29.0 Å². The fourth-order valence-corrected chi connectivity index (χ4v) is 3.48. The van der Waals surface area contributed by atoms with Gasteiger partial charge in [-0.15, -0.1) is 0 Å². The summed E-state index contributed by atoms with van der Waals surface area (Å²) in [6, 6.07) is 16.2. The van der Waals surface area contributed by atoms with Crippen LogP contribution in [0.15, 0.2) is 60.7 Å². The Morgan fingerprint density at radius 2 is 1.77 bits per heavy atom. The molecule has 3 N–H and O–H groups in total.